The molecule has 3 aromatic carbocycles. The minimum absolute atomic E-state index is 0.133. The molecule has 1 N–H and O–H groups in total. The summed E-state index contributed by atoms with van der Waals surface area (Å²) < 4.78 is 45.5. The Hall–Kier alpha value is -3.79. The molecule has 0 saturated carbocycles. The van der Waals surface area contributed by atoms with Gasteiger partial charge < -0.3 is 10.1 Å². The summed E-state index contributed by atoms with van der Waals surface area (Å²) in [6.07, 6.45) is 0. The number of halogens is 3. The van der Waals surface area contributed by atoms with Crippen molar-refractivity contribution < 1.29 is 22.7 Å². The van der Waals surface area contributed by atoms with Crippen LogP contribution in [0.2, 0.25) is 0 Å². The zero-order valence-electron chi connectivity index (χ0n) is 15.0. The average Bonchev–Trinajstić information content (AvgIpc) is 2.72. The summed E-state index contributed by atoms with van der Waals surface area (Å²) in [7, 11) is 0. The van der Waals surface area contributed by atoms with Crippen LogP contribution in [-0.4, -0.2) is 5.91 Å². The number of carbonyl (C=O) groups is 1. The third kappa shape index (κ3) is 5.14. The maximum absolute atomic E-state index is 13.9. The topological polar surface area (TPSA) is 62.1 Å². The molecule has 0 radical (unpaired) electrons. The molecule has 0 bridgehead atoms. The van der Waals surface area contributed by atoms with Crippen molar-refractivity contribution in [2.75, 3.05) is 0 Å². The van der Waals surface area contributed by atoms with E-state index < -0.39 is 23.6 Å². The average molecular weight is 396 g/mol. The van der Waals surface area contributed by atoms with E-state index >= 15 is 0 Å². The van der Waals surface area contributed by atoms with Gasteiger partial charge in [0, 0.05) is 17.2 Å². The maximum Gasteiger partial charge on any atom is 0.252 e. The van der Waals surface area contributed by atoms with Crippen molar-refractivity contribution >= 4 is 5.91 Å². The maximum atomic E-state index is 13.9. The van der Waals surface area contributed by atoms with E-state index in [0.29, 0.717) is 11.8 Å². The summed E-state index contributed by atoms with van der Waals surface area (Å²) in [6.45, 7) is 0.174. The number of hydrogen-bond acceptors (Lipinski definition) is 3. The van der Waals surface area contributed by atoms with Crippen LogP contribution in [0.1, 0.15) is 27.5 Å². The van der Waals surface area contributed by atoms with Crippen molar-refractivity contribution in [3.8, 4) is 11.8 Å². The van der Waals surface area contributed by atoms with Gasteiger partial charge in [0.1, 0.15) is 35.8 Å². The molecule has 146 valence electrons. The van der Waals surface area contributed by atoms with Gasteiger partial charge in [-0.1, -0.05) is 24.3 Å². The first-order valence-electron chi connectivity index (χ1n) is 8.59. The van der Waals surface area contributed by atoms with E-state index in [1.165, 1.54) is 24.3 Å². The van der Waals surface area contributed by atoms with Crippen LogP contribution in [0.5, 0.6) is 5.75 Å². The molecule has 0 aliphatic rings. The molecule has 29 heavy (non-hydrogen) atoms. The summed E-state index contributed by atoms with van der Waals surface area (Å²) >= 11 is 0. The molecule has 3 aromatic rings. The van der Waals surface area contributed by atoms with Crippen LogP contribution >= 0.6 is 0 Å². The van der Waals surface area contributed by atoms with Gasteiger partial charge in [0.15, 0.2) is 0 Å². The Bertz CT molecular complexity index is 1060. The number of nitriles is 1. The summed E-state index contributed by atoms with van der Waals surface area (Å²) in [5, 5.41) is 11.7. The van der Waals surface area contributed by atoms with Crippen molar-refractivity contribution in [3.05, 3.63) is 101 Å². The Morgan fingerprint density at radius 3 is 2.41 bits per heavy atom. The van der Waals surface area contributed by atoms with Gasteiger partial charge in [0.2, 0.25) is 0 Å². The summed E-state index contributed by atoms with van der Waals surface area (Å²) in [5.41, 5.74) is 0.813. The second kappa shape index (κ2) is 8.93. The minimum atomic E-state index is -1.29. The highest BCUT2D eigenvalue weighted by Gasteiger charge is 2.19. The Morgan fingerprint density at radius 2 is 1.72 bits per heavy atom. The Balaban J connectivity index is 1.69. The molecule has 1 unspecified atom stereocenters. The van der Waals surface area contributed by atoms with Crippen LogP contribution in [0, 0.1) is 28.8 Å². The summed E-state index contributed by atoms with van der Waals surface area (Å²) in [6, 6.07) is 15.3. The van der Waals surface area contributed by atoms with Crippen molar-refractivity contribution in [1.82, 2.24) is 5.32 Å². The fourth-order valence-corrected chi connectivity index (χ4v) is 2.60. The van der Waals surface area contributed by atoms with Crippen LogP contribution < -0.4 is 10.1 Å². The zero-order valence-corrected chi connectivity index (χ0v) is 15.0. The van der Waals surface area contributed by atoms with E-state index in [2.05, 4.69) is 5.32 Å². The largest absolute Gasteiger partial charge is 0.489 e. The van der Waals surface area contributed by atoms with Crippen LogP contribution in [-0.2, 0) is 6.61 Å². The molecule has 0 aromatic heterocycles. The third-order valence-electron chi connectivity index (χ3n) is 4.09. The quantitative estimate of drug-likeness (QED) is 0.658. The van der Waals surface area contributed by atoms with Gasteiger partial charge in [0.05, 0.1) is 6.07 Å². The van der Waals surface area contributed by atoms with Gasteiger partial charge >= 0.3 is 0 Å². The molecule has 3 rings (SSSR count). The lowest BCUT2D eigenvalue weighted by atomic mass is 10.1. The molecule has 0 spiro atoms. The number of ether oxygens (including phenoxy) is 1. The molecule has 0 fully saturated rings. The van der Waals surface area contributed by atoms with E-state index in [1.807, 2.05) is 0 Å². The lowest BCUT2D eigenvalue weighted by Gasteiger charge is -2.14. The molecule has 0 saturated heterocycles. The molecule has 0 aliphatic heterocycles. The van der Waals surface area contributed by atoms with E-state index in [1.54, 1.807) is 30.3 Å². The highest BCUT2D eigenvalue weighted by molar-refractivity contribution is 5.95. The van der Waals surface area contributed by atoms with Gasteiger partial charge in [-0.15, -0.1) is 0 Å². The van der Waals surface area contributed by atoms with E-state index in [4.69, 9.17) is 4.74 Å². The first kappa shape index (κ1) is 20.0. The van der Waals surface area contributed by atoms with Crippen molar-refractivity contribution in [2.24, 2.45) is 0 Å². The lowest BCUT2D eigenvalue weighted by Crippen LogP contribution is -2.28. The Morgan fingerprint density at radius 1 is 1.00 bits per heavy atom. The van der Waals surface area contributed by atoms with Gasteiger partial charge in [-0.25, -0.2) is 13.2 Å². The Kier molecular flexibility index (Phi) is 6.15. The minimum Gasteiger partial charge on any atom is -0.489 e. The smallest absolute Gasteiger partial charge is 0.252 e. The number of nitrogens with one attached hydrogen (secondary N) is 1. The number of amides is 1. The zero-order chi connectivity index (χ0) is 20.8. The molecular formula is C22H15F3N2O2. The number of rotatable bonds is 6. The summed E-state index contributed by atoms with van der Waals surface area (Å²) in [4.78, 5) is 12.5. The second-order valence-corrected chi connectivity index (χ2v) is 6.14. The standard InChI is InChI=1S/C22H15F3N2O2/c23-16-6-4-14(5-7-16)13-29-18-3-1-2-15(10-18)22(28)27-21(12-26)19-9-8-17(24)11-20(19)25/h1-11,21H,13H2,(H,27,28). The molecule has 1 atom stereocenters. The van der Waals surface area contributed by atoms with Gasteiger partial charge in [-0.3, -0.25) is 4.79 Å². The first-order valence-corrected chi connectivity index (χ1v) is 8.59. The predicted molar refractivity (Wildman–Crippen MR) is 99.4 cm³/mol. The number of benzene rings is 3. The highest BCUT2D eigenvalue weighted by Crippen LogP contribution is 2.20. The molecule has 4 nitrogen and oxygen atoms in total. The van der Waals surface area contributed by atoms with E-state index in [-0.39, 0.29) is 23.6 Å². The monoisotopic (exact) mass is 396 g/mol. The van der Waals surface area contributed by atoms with Crippen LogP contribution in [0.3, 0.4) is 0 Å². The van der Waals surface area contributed by atoms with E-state index in [9.17, 15) is 23.2 Å². The second-order valence-electron chi connectivity index (χ2n) is 6.14. The van der Waals surface area contributed by atoms with Crippen molar-refractivity contribution in [2.45, 2.75) is 12.6 Å². The number of nitrogens with zero attached hydrogens (tertiary/aromatic N) is 1. The van der Waals surface area contributed by atoms with Gasteiger partial charge in [-0.05, 0) is 42.0 Å². The van der Waals surface area contributed by atoms with Gasteiger partial charge in [-0.2, -0.15) is 5.26 Å². The van der Waals surface area contributed by atoms with Crippen LogP contribution in [0.15, 0.2) is 66.7 Å². The predicted octanol–water partition coefficient (Wildman–Crippen LogP) is 4.68. The third-order valence-corrected chi connectivity index (χ3v) is 4.09. The fraction of sp³-hybridized carbons (Fsp3) is 0.0909. The van der Waals surface area contributed by atoms with Crippen LogP contribution in [0.25, 0.3) is 0 Å². The van der Waals surface area contributed by atoms with Crippen molar-refractivity contribution in [3.63, 3.8) is 0 Å². The molecule has 7 heteroatoms. The Labute approximate surface area is 165 Å². The van der Waals surface area contributed by atoms with E-state index in [0.717, 1.165) is 17.7 Å². The van der Waals surface area contributed by atoms with Gasteiger partial charge in [0.25, 0.3) is 5.91 Å². The number of hydrogen-bond donors (Lipinski definition) is 1. The molecule has 0 heterocycles. The summed E-state index contributed by atoms with van der Waals surface area (Å²) in [5.74, 6) is -2.28. The molecular weight excluding hydrogens is 381 g/mol. The van der Waals surface area contributed by atoms with Crippen LogP contribution in [0.4, 0.5) is 13.2 Å². The molecule has 1 amide bonds. The lowest BCUT2D eigenvalue weighted by molar-refractivity contribution is 0.0944. The van der Waals surface area contributed by atoms with Crippen molar-refractivity contribution in [1.29, 1.82) is 5.26 Å². The fourth-order valence-electron chi connectivity index (χ4n) is 2.60. The first-order chi connectivity index (χ1) is 14.0. The number of carbonyl (C=O) groups excluding carboxylic acids is 1. The normalized spacial score (nSPS) is 11.4. The SMILES string of the molecule is N#CC(NC(=O)c1cccc(OCc2ccc(F)cc2)c1)c1ccc(F)cc1F. The highest BCUT2D eigenvalue weighted by atomic mass is 19.1. The molecule has 0 aliphatic carbocycles.